The summed E-state index contributed by atoms with van der Waals surface area (Å²) in [7, 11) is 0. The van der Waals surface area contributed by atoms with Crippen molar-refractivity contribution >= 4 is 5.69 Å². The number of nitrogen functional groups attached to an aromatic ring is 1. The molecule has 1 nitrogen and oxygen atoms in total. The van der Waals surface area contributed by atoms with Crippen LogP contribution < -0.4 is 5.73 Å². The first kappa shape index (κ1) is 8.60. The Balaban J connectivity index is 3.18. The summed E-state index contributed by atoms with van der Waals surface area (Å²) in [5, 5.41) is 0. The van der Waals surface area contributed by atoms with Crippen LogP contribution in [0.15, 0.2) is 48.5 Å². The van der Waals surface area contributed by atoms with Crippen molar-refractivity contribution in [2.75, 3.05) is 5.73 Å². The number of anilines is 1. The number of hydrogen-bond acceptors (Lipinski definition) is 1. The molecular formula is C11H13N. The van der Waals surface area contributed by atoms with E-state index in [2.05, 4.69) is 6.92 Å². The Morgan fingerprint density at radius 2 is 1.25 bits per heavy atom. The zero-order chi connectivity index (χ0) is 8.81. The summed E-state index contributed by atoms with van der Waals surface area (Å²) < 4.78 is 0. The average Bonchev–Trinajstić information content (AvgIpc) is 2.06. The molecule has 2 N–H and O–H groups in total. The van der Waals surface area contributed by atoms with Gasteiger partial charge in [-0.1, -0.05) is 42.0 Å². The first-order chi connectivity index (χ1) is 5.79. The largest absolute Gasteiger partial charge is 0.399 e. The van der Waals surface area contributed by atoms with Gasteiger partial charge in [-0.05, 0) is 19.1 Å². The van der Waals surface area contributed by atoms with Crippen molar-refractivity contribution in [1.82, 2.24) is 0 Å². The summed E-state index contributed by atoms with van der Waals surface area (Å²) >= 11 is 0. The minimum Gasteiger partial charge on any atom is -0.399 e. The zero-order valence-electron chi connectivity index (χ0n) is 7.20. The smallest absolute Gasteiger partial charge is 0.0313 e. The van der Waals surface area contributed by atoms with Crippen LogP contribution in [0, 0.1) is 6.92 Å². The molecule has 0 aliphatic carbocycles. The lowest BCUT2D eigenvalue weighted by molar-refractivity contribution is 1.49. The topological polar surface area (TPSA) is 26.0 Å². The van der Waals surface area contributed by atoms with E-state index >= 15 is 0 Å². The van der Waals surface area contributed by atoms with E-state index in [1.165, 1.54) is 5.56 Å². The van der Waals surface area contributed by atoms with E-state index < -0.39 is 0 Å². The molecule has 0 aliphatic rings. The highest BCUT2D eigenvalue weighted by Gasteiger charge is 1.74. The molecule has 62 valence electrons. The molecule has 0 aromatic heterocycles. The van der Waals surface area contributed by atoms with Gasteiger partial charge in [0.25, 0.3) is 0 Å². The van der Waals surface area contributed by atoms with Gasteiger partial charge in [-0.3, -0.25) is 0 Å². The van der Waals surface area contributed by atoms with Gasteiger partial charge in [0.1, 0.15) is 0 Å². The van der Waals surface area contributed by atoms with E-state index in [4.69, 9.17) is 5.73 Å². The summed E-state index contributed by atoms with van der Waals surface area (Å²) in [4.78, 5) is 0. The van der Waals surface area contributed by atoms with Crippen LogP contribution in [-0.4, -0.2) is 0 Å². The third kappa shape index (κ3) is 3.06. The lowest BCUT2D eigenvalue weighted by Crippen LogP contribution is -1.78. The molecule has 0 heterocycles. The highest BCUT2D eigenvalue weighted by atomic mass is 14.5. The fourth-order valence-electron chi connectivity index (χ4n) is 0.859. The molecule has 0 amide bonds. The molecule has 0 spiro atoms. The Kier molecular flexibility index (Phi) is 3.15. The van der Waals surface area contributed by atoms with Crippen LogP contribution in [0.2, 0.25) is 0 Å². The van der Waals surface area contributed by atoms with Crippen molar-refractivity contribution < 1.29 is 0 Å². The third-order valence-corrected chi connectivity index (χ3v) is 1.52. The number of hydrogen-bond donors (Lipinski definition) is 1. The molecule has 12 heavy (non-hydrogen) atoms. The van der Waals surface area contributed by atoms with Crippen LogP contribution in [0.1, 0.15) is 5.56 Å². The Morgan fingerprint density at radius 3 is 1.75 bits per heavy atom. The normalized spacial score (nSPS) is 8.75. The Bertz CT molecular complexity index is 244. The highest BCUT2D eigenvalue weighted by Crippen LogP contribution is 1.96. The minimum absolute atomic E-state index is 0.767. The molecule has 1 rings (SSSR count). The maximum atomic E-state index is 5.63. The number of rotatable bonds is 0. The predicted molar refractivity (Wildman–Crippen MR) is 53.2 cm³/mol. The van der Waals surface area contributed by atoms with Gasteiger partial charge in [0.15, 0.2) is 0 Å². The van der Waals surface area contributed by atoms with Crippen molar-refractivity contribution in [3.8, 4) is 0 Å². The second-order valence-corrected chi connectivity index (χ2v) is 2.68. The van der Waals surface area contributed by atoms with Crippen LogP contribution in [0.25, 0.3) is 0 Å². The average molecular weight is 159 g/mol. The summed E-state index contributed by atoms with van der Waals surface area (Å²) in [6.45, 7) is 2.06. The van der Waals surface area contributed by atoms with Gasteiger partial charge in [-0.25, -0.2) is 0 Å². The van der Waals surface area contributed by atoms with Crippen LogP contribution in [0.5, 0.6) is 0 Å². The van der Waals surface area contributed by atoms with Crippen LogP contribution in [0.3, 0.4) is 0 Å². The monoisotopic (exact) mass is 159 g/mol. The maximum absolute atomic E-state index is 5.63. The van der Waals surface area contributed by atoms with E-state index in [0.29, 0.717) is 0 Å². The van der Waals surface area contributed by atoms with E-state index in [1.54, 1.807) is 0 Å². The van der Waals surface area contributed by atoms with Gasteiger partial charge in [0, 0.05) is 5.69 Å². The van der Waals surface area contributed by atoms with Gasteiger partial charge < -0.3 is 5.73 Å². The van der Waals surface area contributed by atoms with Crippen LogP contribution in [0.4, 0.5) is 5.69 Å². The molecule has 0 saturated heterocycles. The molecule has 0 fully saturated rings. The molecule has 0 atom stereocenters. The first-order valence-corrected chi connectivity index (χ1v) is 3.94. The van der Waals surface area contributed by atoms with Gasteiger partial charge >= 0.3 is 0 Å². The highest BCUT2D eigenvalue weighted by molar-refractivity contribution is 5.34. The molecular weight excluding hydrogens is 146 g/mol. The predicted octanol–water partition coefficient (Wildman–Crippen LogP) is 2.70. The fraction of sp³-hybridized carbons (Fsp3) is 0.0909. The van der Waals surface area contributed by atoms with Crippen molar-refractivity contribution in [2.24, 2.45) is 0 Å². The first-order valence-electron chi connectivity index (χ1n) is 3.94. The van der Waals surface area contributed by atoms with Gasteiger partial charge in [0.2, 0.25) is 0 Å². The number of nitrogens with two attached hydrogens (primary N) is 1. The van der Waals surface area contributed by atoms with Crippen molar-refractivity contribution in [1.29, 1.82) is 0 Å². The Labute approximate surface area is 73.2 Å². The molecule has 0 bridgehead atoms. The fourth-order valence-corrected chi connectivity index (χ4v) is 0.859. The van der Waals surface area contributed by atoms with Gasteiger partial charge in [0.05, 0.1) is 0 Å². The van der Waals surface area contributed by atoms with E-state index in [-0.39, 0.29) is 0 Å². The lowest BCUT2D eigenvalue weighted by atomic mass is 10.3. The molecule has 0 aliphatic heterocycles. The SMILES string of the molecule is Cc1ccccc(N)cccc1. The van der Waals surface area contributed by atoms with E-state index in [9.17, 15) is 0 Å². The Morgan fingerprint density at radius 1 is 0.833 bits per heavy atom. The van der Waals surface area contributed by atoms with Crippen LogP contribution >= 0.6 is 0 Å². The van der Waals surface area contributed by atoms with Crippen molar-refractivity contribution in [3.63, 3.8) is 0 Å². The van der Waals surface area contributed by atoms with Crippen LogP contribution in [-0.2, 0) is 0 Å². The maximum Gasteiger partial charge on any atom is 0.0313 e. The quantitative estimate of drug-likeness (QED) is 0.618. The summed E-state index contributed by atoms with van der Waals surface area (Å²) in [6.07, 6.45) is 0. The van der Waals surface area contributed by atoms with Gasteiger partial charge in [-0.2, -0.15) is 0 Å². The molecule has 0 saturated carbocycles. The second-order valence-electron chi connectivity index (χ2n) is 2.68. The summed E-state index contributed by atoms with van der Waals surface area (Å²) in [6, 6.07) is 15.7. The molecule has 0 unspecified atom stereocenters. The van der Waals surface area contributed by atoms with Crippen molar-refractivity contribution in [2.45, 2.75) is 6.92 Å². The van der Waals surface area contributed by atoms with Crippen molar-refractivity contribution in [3.05, 3.63) is 54.1 Å². The molecule has 1 aromatic rings. The molecule has 1 aromatic carbocycles. The molecule has 0 radical (unpaired) electrons. The zero-order valence-corrected chi connectivity index (χ0v) is 7.20. The number of aryl methyl sites for hydroxylation is 1. The summed E-state index contributed by atoms with van der Waals surface area (Å²) in [5.74, 6) is 0. The minimum atomic E-state index is 0.767. The van der Waals surface area contributed by atoms with E-state index in [1.807, 2.05) is 48.5 Å². The second kappa shape index (κ2) is 4.39. The van der Waals surface area contributed by atoms with Gasteiger partial charge in [-0.15, -0.1) is 0 Å². The lowest BCUT2D eigenvalue weighted by Gasteiger charge is -1.84. The Hall–Kier alpha value is -1.50. The van der Waals surface area contributed by atoms with E-state index in [0.717, 1.165) is 5.69 Å². The standard InChI is InChI=1S/C11H13N/c1-10-6-2-4-8-11(12)9-5-3-7-10/h2-9H,12H2,1H3. The summed E-state index contributed by atoms with van der Waals surface area (Å²) in [5.41, 5.74) is 7.62. The third-order valence-electron chi connectivity index (χ3n) is 1.52. The molecule has 1 heteroatoms.